The average Bonchev–Trinajstić information content (AvgIpc) is 3.21. The van der Waals surface area contributed by atoms with Crippen LogP contribution in [0.15, 0.2) is 127 Å². The minimum Gasteiger partial charge on any atom is -0.0616 e. The lowest BCUT2D eigenvalue weighted by Crippen LogP contribution is -1.97. The van der Waals surface area contributed by atoms with Crippen molar-refractivity contribution in [1.82, 2.24) is 0 Å². The summed E-state index contributed by atoms with van der Waals surface area (Å²) in [6.07, 6.45) is 5.17. The van der Waals surface area contributed by atoms with Gasteiger partial charge in [0.05, 0.1) is 0 Å². The van der Waals surface area contributed by atoms with E-state index >= 15 is 0 Å². The molecule has 9 aromatic rings. The van der Waals surface area contributed by atoms with E-state index in [0.717, 1.165) is 32.1 Å². The molecule has 0 heterocycles. The number of benzene rings is 9. The summed E-state index contributed by atoms with van der Waals surface area (Å²) in [5.74, 6) is 0. The van der Waals surface area contributed by atoms with Gasteiger partial charge in [0.25, 0.3) is 0 Å². The van der Waals surface area contributed by atoms with E-state index < -0.39 is 0 Å². The third kappa shape index (κ3) is 4.95. The number of fused-ring (bicyclic) bond motifs is 2. The standard InChI is InChI=1S/C52H46/c1-6-32-27-33(7-2)29-39(28-32)50-45-17-13-11-15-43(45)49(44-16-12-14-18-46(44)50)38-21-19-37(20-22-38)48-31-36(10-5)42-24-23-40-34(8-3)30-35(9-4)41-25-26-47(48)52(42)51(40)41/h11-31H,6-10H2,1-5H3. The van der Waals surface area contributed by atoms with Crippen LogP contribution in [0.5, 0.6) is 0 Å². The van der Waals surface area contributed by atoms with E-state index in [-0.39, 0.29) is 0 Å². The Bertz CT molecular complexity index is 2690. The molecule has 0 fully saturated rings. The van der Waals surface area contributed by atoms with E-state index in [9.17, 15) is 0 Å². The normalized spacial score (nSPS) is 11.9. The highest BCUT2D eigenvalue weighted by atomic mass is 14.2. The van der Waals surface area contributed by atoms with Crippen LogP contribution in [0, 0.1) is 0 Å². The van der Waals surface area contributed by atoms with Crippen LogP contribution >= 0.6 is 0 Å². The summed E-state index contributed by atoms with van der Waals surface area (Å²) in [6, 6.07) is 49.2. The molecule has 0 amide bonds. The Morgan fingerprint density at radius 1 is 0.308 bits per heavy atom. The second-order valence-corrected chi connectivity index (χ2v) is 14.6. The highest BCUT2D eigenvalue weighted by Crippen LogP contribution is 2.46. The molecule has 0 bridgehead atoms. The molecule has 52 heavy (non-hydrogen) atoms. The molecule has 9 aromatic carbocycles. The molecule has 0 aliphatic rings. The SMILES string of the molecule is CCc1cc(CC)cc(-c2c3ccccc3c(-c3ccc(-c4cc(CC)c5ccc6c(CC)cc(CC)c7ccc4c5c67)cc3)c3ccccc23)c1. The van der Waals surface area contributed by atoms with Crippen molar-refractivity contribution in [3.8, 4) is 33.4 Å². The Hall–Kier alpha value is -5.46. The highest BCUT2D eigenvalue weighted by molar-refractivity contribution is 6.27. The second kappa shape index (κ2) is 12.9. The number of hydrogen-bond acceptors (Lipinski definition) is 0. The van der Waals surface area contributed by atoms with Crippen LogP contribution in [0.25, 0.3) is 87.2 Å². The average molecular weight is 671 g/mol. The molecule has 0 aliphatic heterocycles. The van der Waals surface area contributed by atoms with Crippen molar-refractivity contribution >= 4 is 53.9 Å². The summed E-state index contributed by atoms with van der Waals surface area (Å²) in [4.78, 5) is 0. The fourth-order valence-electron chi connectivity index (χ4n) is 9.22. The van der Waals surface area contributed by atoms with Crippen LogP contribution in [0.3, 0.4) is 0 Å². The van der Waals surface area contributed by atoms with Crippen molar-refractivity contribution in [1.29, 1.82) is 0 Å². The Morgan fingerprint density at radius 2 is 0.712 bits per heavy atom. The Labute approximate surface area is 308 Å². The molecule has 0 unspecified atom stereocenters. The Balaban J connectivity index is 1.26. The summed E-state index contributed by atoms with van der Waals surface area (Å²) < 4.78 is 0. The molecular formula is C52H46. The van der Waals surface area contributed by atoms with Crippen LogP contribution in [0.2, 0.25) is 0 Å². The predicted molar refractivity (Wildman–Crippen MR) is 228 cm³/mol. The quantitative estimate of drug-likeness (QED) is 0.111. The first kappa shape index (κ1) is 32.4. The molecule has 0 saturated carbocycles. The van der Waals surface area contributed by atoms with Crippen molar-refractivity contribution in [3.63, 3.8) is 0 Å². The van der Waals surface area contributed by atoms with Gasteiger partial charge in [-0.05, 0) is 153 Å². The van der Waals surface area contributed by atoms with Gasteiger partial charge in [0.15, 0.2) is 0 Å². The van der Waals surface area contributed by atoms with Gasteiger partial charge in [-0.2, -0.15) is 0 Å². The molecular weight excluding hydrogens is 625 g/mol. The second-order valence-electron chi connectivity index (χ2n) is 14.6. The smallest absolute Gasteiger partial charge is 0.00176 e. The summed E-state index contributed by atoms with van der Waals surface area (Å²) in [5, 5.41) is 13.7. The number of rotatable bonds is 8. The molecule has 0 aliphatic carbocycles. The Kier molecular flexibility index (Phi) is 8.08. The van der Waals surface area contributed by atoms with Gasteiger partial charge >= 0.3 is 0 Å². The molecule has 0 heteroatoms. The zero-order valence-corrected chi connectivity index (χ0v) is 31.2. The zero-order valence-electron chi connectivity index (χ0n) is 31.2. The molecule has 0 nitrogen and oxygen atoms in total. The maximum Gasteiger partial charge on any atom is -0.00176 e. The van der Waals surface area contributed by atoms with E-state index in [1.165, 1.54) is 115 Å². The first-order valence-electron chi connectivity index (χ1n) is 19.5. The van der Waals surface area contributed by atoms with Crippen LogP contribution in [-0.4, -0.2) is 0 Å². The third-order valence-corrected chi connectivity index (χ3v) is 11.9. The lowest BCUT2D eigenvalue weighted by Gasteiger charge is -2.21. The van der Waals surface area contributed by atoms with Crippen molar-refractivity contribution < 1.29 is 0 Å². The van der Waals surface area contributed by atoms with E-state index in [0.29, 0.717) is 0 Å². The van der Waals surface area contributed by atoms with Gasteiger partial charge in [0, 0.05) is 0 Å². The van der Waals surface area contributed by atoms with Crippen LogP contribution < -0.4 is 0 Å². The summed E-state index contributed by atoms with van der Waals surface area (Å²) in [7, 11) is 0. The lowest BCUT2D eigenvalue weighted by atomic mass is 9.83. The first-order valence-corrected chi connectivity index (χ1v) is 19.5. The van der Waals surface area contributed by atoms with Gasteiger partial charge in [-0.15, -0.1) is 0 Å². The van der Waals surface area contributed by atoms with Gasteiger partial charge in [0.2, 0.25) is 0 Å². The van der Waals surface area contributed by atoms with E-state index in [4.69, 9.17) is 0 Å². The summed E-state index contributed by atoms with van der Waals surface area (Å²) in [5.41, 5.74) is 15.0. The fraction of sp³-hybridized carbons (Fsp3) is 0.192. The molecule has 0 atom stereocenters. The minimum absolute atomic E-state index is 1.01. The molecule has 254 valence electrons. The lowest BCUT2D eigenvalue weighted by molar-refractivity contribution is 1.09. The third-order valence-electron chi connectivity index (χ3n) is 11.9. The topological polar surface area (TPSA) is 0 Å². The van der Waals surface area contributed by atoms with Gasteiger partial charge < -0.3 is 0 Å². The first-order chi connectivity index (χ1) is 25.6. The molecule has 0 saturated heterocycles. The van der Waals surface area contributed by atoms with Crippen molar-refractivity contribution in [2.45, 2.75) is 66.7 Å². The van der Waals surface area contributed by atoms with E-state index in [2.05, 4.69) is 162 Å². The summed E-state index contributed by atoms with van der Waals surface area (Å²) in [6.45, 7) is 11.4. The van der Waals surface area contributed by atoms with Crippen LogP contribution in [0.4, 0.5) is 0 Å². The zero-order chi connectivity index (χ0) is 35.5. The number of hydrogen-bond donors (Lipinski definition) is 0. The molecule has 0 radical (unpaired) electrons. The molecule has 0 spiro atoms. The van der Waals surface area contributed by atoms with Crippen molar-refractivity contribution in [3.05, 3.63) is 155 Å². The molecule has 0 N–H and O–H groups in total. The van der Waals surface area contributed by atoms with Crippen molar-refractivity contribution in [2.75, 3.05) is 0 Å². The van der Waals surface area contributed by atoms with E-state index in [1.54, 1.807) is 0 Å². The fourth-order valence-corrected chi connectivity index (χ4v) is 9.22. The number of aryl methyl sites for hydroxylation is 5. The molecule has 0 aromatic heterocycles. The van der Waals surface area contributed by atoms with Gasteiger partial charge in [-0.3, -0.25) is 0 Å². The minimum atomic E-state index is 1.01. The van der Waals surface area contributed by atoms with Crippen LogP contribution in [-0.2, 0) is 32.1 Å². The Morgan fingerprint density at radius 3 is 1.17 bits per heavy atom. The highest BCUT2D eigenvalue weighted by Gasteiger charge is 2.20. The van der Waals surface area contributed by atoms with Crippen LogP contribution in [0.1, 0.15) is 62.4 Å². The monoisotopic (exact) mass is 670 g/mol. The molecule has 9 rings (SSSR count). The maximum absolute atomic E-state index is 2.47. The van der Waals surface area contributed by atoms with E-state index in [1.807, 2.05) is 0 Å². The van der Waals surface area contributed by atoms with Gasteiger partial charge in [-0.25, -0.2) is 0 Å². The van der Waals surface area contributed by atoms with Gasteiger partial charge in [0.1, 0.15) is 0 Å². The largest absolute Gasteiger partial charge is 0.0616 e. The maximum atomic E-state index is 2.47. The predicted octanol–water partition coefficient (Wildman–Crippen LogP) is 14.7. The summed E-state index contributed by atoms with van der Waals surface area (Å²) >= 11 is 0. The van der Waals surface area contributed by atoms with Crippen molar-refractivity contribution in [2.24, 2.45) is 0 Å². The van der Waals surface area contributed by atoms with Gasteiger partial charge in [-0.1, -0.05) is 156 Å².